The van der Waals surface area contributed by atoms with Crippen LogP contribution < -0.4 is 4.70 Å². The Morgan fingerprint density at radius 1 is 0.684 bits per heavy atom. The average molecular weight is 260 g/mol. The van der Waals surface area contributed by atoms with Gasteiger partial charge < -0.3 is 0 Å². The zero-order chi connectivity index (χ0) is 13.9. The van der Waals surface area contributed by atoms with Crippen molar-refractivity contribution in [1.82, 2.24) is 4.70 Å². The zero-order valence-electron chi connectivity index (χ0n) is 9.75. The van der Waals surface area contributed by atoms with Crippen LogP contribution in [0.2, 0.25) is 0 Å². The summed E-state index contributed by atoms with van der Waals surface area (Å²) in [5.41, 5.74) is -0.0765. The number of benzene rings is 2. The molecule has 0 aromatic heterocycles. The maximum absolute atomic E-state index is 11.4. The van der Waals surface area contributed by atoms with Crippen molar-refractivity contribution in [1.29, 1.82) is 0 Å². The predicted octanol–water partition coefficient (Wildman–Crippen LogP) is 2.71. The summed E-state index contributed by atoms with van der Waals surface area (Å²) in [4.78, 5) is 22.8. The third kappa shape index (κ3) is 1.91. The lowest BCUT2D eigenvalue weighted by Gasteiger charge is -2.14. The van der Waals surface area contributed by atoms with E-state index >= 15 is 0 Å². The molecule has 0 amide bonds. The number of hydrogen-bond donors (Lipinski definition) is 0. The molecule has 0 spiro atoms. The summed E-state index contributed by atoms with van der Waals surface area (Å²) in [5, 5.41) is 20.9. The highest BCUT2D eigenvalue weighted by molar-refractivity contribution is 5.52. The Labute approximate surface area is 108 Å². The van der Waals surface area contributed by atoms with Crippen molar-refractivity contribution in [2.24, 2.45) is 0 Å². The van der Waals surface area contributed by atoms with Crippen LogP contribution in [0.4, 0.5) is 11.4 Å². The quantitative estimate of drug-likeness (QED) is 0.480. The lowest BCUT2D eigenvalue weighted by atomic mass is 10.2. The second-order valence-electron chi connectivity index (χ2n) is 3.75. The van der Waals surface area contributed by atoms with Gasteiger partial charge in [-0.05, 0) is 0 Å². The fourth-order valence-corrected chi connectivity index (χ4v) is 1.86. The molecule has 7 nitrogen and oxygen atoms in total. The van der Waals surface area contributed by atoms with Gasteiger partial charge in [-0.15, -0.1) is 0 Å². The van der Waals surface area contributed by atoms with Crippen molar-refractivity contribution in [3.8, 4) is 0 Å². The summed E-state index contributed by atoms with van der Waals surface area (Å²) in [7, 11) is 0. The highest BCUT2D eigenvalue weighted by Crippen LogP contribution is 2.34. The molecule has 0 saturated heterocycles. The van der Waals surface area contributed by atoms with Crippen LogP contribution in [-0.4, -0.2) is 10.1 Å². The lowest BCUT2D eigenvalue weighted by molar-refractivity contribution is -0.870. The molecule has 0 aliphatic rings. The molecular weight excluding hydrogens is 250 g/mol. The van der Waals surface area contributed by atoms with Crippen LogP contribution >= 0.6 is 0 Å². The molecule has 0 saturated carbocycles. The minimum Gasteiger partial charge on any atom is -0.202 e. The van der Waals surface area contributed by atoms with Crippen molar-refractivity contribution in [3.63, 3.8) is 0 Å². The molecule has 2 aromatic rings. The molecule has 7 heteroatoms. The van der Waals surface area contributed by atoms with Crippen molar-refractivity contribution < 1.29 is 10.1 Å². The molecule has 0 aliphatic carbocycles. The van der Waals surface area contributed by atoms with Gasteiger partial charge in [0.1, 0.15) is 0 Å². The van der Waals surface area contributed by atoms with Crippen molar-refractivity contribution in [3.05, 3.63) is 80.9 Å². The Morgan fingerprint density at radius 3 is 1.26 bits per heavy atom. The van der Waals surface area contributed by atoms with Crippen LogP contribution in [0, 0.1) is 20.2 Å². The van der Waals surface area contributed by atoms with Gasteiger partial charge in [-0.25, -0.2) is 20.2 Å². The Balaban J connectivity index is 2.77. The summed E-state index contributed by atoms with van der Waals surface area (Å²) in [6, 6.07) is 14.8. The number of para-hydroxylation sites is 2. The highest BCUT2D eigenvalue weighted by Gasteiger charge is 2.59. The summed E-state index contributed by atoms with van der Waals surface area (Å²) in [6.07, 6.45) is 0. The first-order valence-electron chi connectivity index (χ1n) is 5.40. The number of rotatable bonds is 4. The maximum Gasteiger partial charge on any atom is 0.315 e. The van der Waals surface area contributed by atoms with Crippen LogP contribution in [0.1, 0.15) is 0 Å². The maximum atomic E-state index is 11.4. The molecule has 2 aromatic carbocycles. The minimum atomic E-state index is -1.67. The second kappa shape index (κ2) is 4.83. The van der Waals surface area contributed by atoms with E-state index in [1.807, 2.05) is 0 Å². The lowest BCUT2D eigenvalue weighted by Crippen LogP contribution is -2.54. The van der Waals surface area contributed by atoms with Gasteiger partial charge in [0.25, 0.3) is 16.1 Å². The molecule has 2 rings (SSSR count). The Morgan fingerprint density at radius 2 is 1.00 bits per heavy atom. The number of nitro groups is 2. The van der Waals surface area contributed by atoms with Gasteiger partial charge in [0.2, 0.25) is 0 Å². The average Bonchev–Trinajstić information content (AvgIpc) is 2.41. The van der Waals surface area contributed by atoms with Crippen LogP contribution in [0.3, 0.4) is 0 Å². The Kier molecular flexibility index (Phi) is 3.21. The topological polar surface area (TPSA) is 86.3 Å². The molecule has 0 atom stereocenters. The summed E-state index contributed by atoms with van der Waals surface area (Å²) in [5.74, 6) is 0. The molecule has 0 radical (unpaired) electrons. The van der Waals surface area contributed by atoms with Gasteiger partial charge in [-0.3, -0.25) is 0 Å². The Bertz CT molecular complexity index is 545. The van der Waals surface area contributed by atoms with Crippen LogP contribution in [0.25, 0.3) is 0 Å². The largest absolute Gasteiger partial charge is 0.315 e. The van der Waals surface area contributed by atoms with Gasteiger partial charge in [0.15, 0.2) is 0 Å². The molecule has 0 unspecified atom stereocenters. The van der Waals surface area contributed by atoms with Crippen molar-refractivity contribution in [2.75, 3.05) is 0 Å². The Hall–Kier alpha value is -2.80. The van der Waals surface area contributed by atoms with E-state index in [9.17, 15) is 20.2 Å². The third-order valence-corrected chi connectivity index (χ3v) is 2.71. The summed E-state index contributed by atoms with van der Waals surface area (Å²) in [6.45, 7) is 0. The van der Waals surface area contributed by atoms with E-state index in [0.29, 0.717) is 0 Å². The predicted molar refractivity (Wildman–Crippen MR) is 68.3 cm³/mol. The molecule has 0 aliphatic heterocycles. The fourth-order valence-electron chi connectivity index (χ4n) is 1.86. The first kappa shape index (κ1) is 12.7. The SMILES string of the molecule is O=[N+]([O-])[N+](c1ccccc1)(c1ccccc1)[N+](=O)[O-]. The van der Waals surface area contributed by atoms with Crippen LogP contribution in [0.15, 0.2) is 60.7 Å². The molecule has 19 heavy (non-hydrogen) atoms. The number of quaternary nitrogens is 1. The highest BCUT2D eigenvalue weighted by atomic mass is 16.8. The first-order valence-corrected chi connectivity index (χ1v) is 5.40. The van der Waals surface area contributed by atoms with Gasteiger partial charge in [-0.2, -0.15) is 0 Å². The first-order chi connectivity index (χ1) is 9.10. The van der Waals surface area contributed by atoms with E-state index in [1.54, 1.807) is 12.1 Å². The van der Waals surface area contributed by atoms with E-state index in [-0.39, 0.29) is 11.4 Å². The standard InChI is InChI=1S/C12H10N3O4/c16-13(17)15(14(18)19,11-7-3-1-4-8-11)12-9-5-2-6-10-12/h1-10H/q+1. The third-order valence-electron chi connectivity index (χ3n) is 2.71. The summed E-state index contributed by atoms with van der Waals surface area (Å²) >= 11 is 0. The molecular formula is C12H10N3O4+. The van der Waals surface area contributed by atoms with Gasteiger partial charge >= 0.3 is 10.1 Å². The van der Waals surface area contributed by atoms with Crippen LogP contribution in [-0.2, 0) is 0 Å². The number of hydrogen-bond acceptors (Lipinski definition) is 4. The molecule has 0 fully saturated rings. The smallest absolute Gasteiger partial charge is 0.202 e. The monoisotopic (exact) mass is 260 g/mol. The normalized spacial score (nSPS) is 10.9. The van der Waals surface area contributed by atoms with Crippen molar-refractivity contribution >= 4 is 11.4 Å². The van der Waals surface area contributed by atoms with Crippen LogP contribution in [0.5, 0.6) is 0 Å². The minimum absolute atomic E-state index is 0.0382. The van der Waals surface area contributed by atoms with E-state index in [4.69, 9.17) is 0 Å². The summed E-state index contributed by atoms with van der Waals surface area (Å²) < 4.78 is -1.67. The van der Waals surface area contributed by atoms with E-state index < -0.39 is 14.8 Å². The van der Waals surface area contributed by atoms with Gasteiger partial charge in [0.05, 0.1) is 0 Å². The van der Waals surface area contributed by atoms with E-state index in [1.165, 1.54) is 48.5 Å². The van der Waals surface area contributed by atoms with Gasteiger partial charge in [-0.1, -0.05) is 36.4 Å². The van der Waals surface area contributed by atoms with Crippen molar-refractivity contribution in [2.45, 2.75) is 0 Å². The molecule has 0 N–H and O–H groups in total. The zero-order valence-corrected chi connectivity index (χ0v) is 9.75. The molecule has 0 bridgehead atoms. The van der Waals surface area contributed by atoms with E-state index in [2.05, 4.69) is 0 Å². The van der Waals surface area contributed by atoms with E-state index in [0.717, 1.165) is 0 Å². The fraction of sp³-hybridized carbons (Fsp3) is 0. The second-order valence-corrected chi connectivity index (χ2v) is 3.75. The van der Waals surface area contributed by atoms with Gasteiger partial charge in [0, 0.05) is 24.3 Å². The number of nitrogens with zero attached hydrogens (tertiary/aromatic N) is 3. The molecule has 0 heterocycles. The molecule has 96 valence electrons.